The molecule has 1 saturated carbocycles. The number of benzene rings is 2. The maximum Gasteiger partial charge on any atom is 0.434 e. The average Bonchev–Trinajstić information content (AvgIpc) is 3.20. The summed E-state index contributed by atoms with van der Waals surface area (Å²) < 4.78 is 78.4. The predicted octanol–water partition coefficient (Wildman–Crippen LogP) is 5.31. The lowest BCUT2D eigenvalue weighted by molar-refractivity contribution is -0.164. The van der Waals surface area contributed by atoms with Crippen LogP contribution in [0.5, 0.6) is 5.75 Å². The van der Waals surface area contributed by atoms with Crippen molar-refractivity contribution in [2.75, 3.05) is 87.7 Å². The number of hydrogen-bond acceptors (Lipinski definition) is 11. The SMILES string of the molecule is CC1(C)C(NC(=O)c2ccc(N3CCN(CCOCCCS(=O)(=O)N4CCN(c5cncc(C(F)(F)F)n5)CC4)CC3)cc2)C(C)(C)C1Oc1ccc(C#N)c(Cl)c1. The van der Waals surface area contributed by atoms with E-state index in [0.717, 1.165) is 38.4 Å². The van der Waals surface area contributed by atoms with E-state index in [1.165, 1.54) is 10.5 Å². The Morgan fingerprint density at radius 1 is 0.948 bits per heavy atom. The first-order chi connectivity index (χ1) is 27.4. The van der Waals surface area contributed by atoms with E-state index in [2.05, 4.69) is 58.8 Å². The Bertz CT molecular complexity index is 2050. The van der Waals surface area contributed by atoms with Gasteiger partial charge < -0.3 is 24.6 Å². The molecule has 314 valence electrons. The van der Waals surface area contributed by atoms with Gasteiger partial charge in [-0.15, -0.1) is 0 Å². The molecule has 13 nitrogen and oxygen atoms in total. The van der Waals surface area contributed by atoms with Crippen molar-refractivity contribution in [2.24, 2.45) is 10.8 Å². The fourth-order valence-corrected chi connectivity index (χ4v) is 10.1. The number of nitriles is 1. The molecule has 3 aromatic rings. The second kappa shape index (κ2) is 17.6. The normalized spacial score (nSPS) is 21.2. The molecule has 58 heavy (non-hydrogen) atoms. The highest BCUT2D eigenvalue weighted by molar-refractivity contribution is 7.89. The van der Waals surface area contributed by atoms with Crippen molar-refractivity contribution in [3.63, 3.8) is 0 Å². The number of alkyl halides is 3. The van der Waals surface area contributed by atoms with Crippen LogP contribution in [0.1, 0.15) is 55.7 Å². The number of piperazine rings is 2. The number of ether oxygens (including phenoxy) is 2. The quantitative estimate of drug-likeness (QED) is 0.211. The number of amides is 1. The molecule has 3 aliphatic rings. The Labute approximate surface area is 343 Å². The number of nitrogens with zero attached hydrogens (tertiary/aromatic N) is 7. The first-order valence-corrected chi connectivity index (χ1v) is 21.3. The van der Waals surface area contributed by atoms with Crippen molar-refractivity contribution in [1.29, 1.82) is 5.26 Å². The van der Waals surface area contributed by atoms with Gasteiger partial charge in [0.1, 0.15) is 23.7 Å². The van der Waals surface area contributed by atoms with E-state index in [1.807, 2.05) is 24.3 Å². The van der Waals surface area contributed by atoms with E-state index in [-0.39, 0.29) is 66.6 Å². The van der Waals surface area contributed by atoms with Crippen LogP contribution in [-0.2, 0) is 20.9 Å². The Hall–Kier alpha value is -4.21. The molecule has 1 N–H and O–H groups in total. The minimum atomic E-state index is -4.60. The minimum Gasteiger partial charge on any atom is -0.489 e. The highest BCUT2D eigenvalue weighted by Crippen LogP contribution is 2.55. The molecular weight excluding hydrogens is 797 g/mol. The van der Waals surface area contributed by atoms with Gasteiger partial charge in [-0.05, 0) is 42.8 Å². The van der Waals surface area contributed by atoms with Crippen LogP contribution in [0.3, 0.4) is 0 Å². The maximum absolute atomic E-state index is 13.4. The highest BCUT2D eigenvalue weighted by atomic mass is 35.5. The Morgan fingerprint density at radius 2 is 1.60 bits per heavy atom. The number of halogens is 4. The maximum atomic E-state index is 13.4. The molecule has 0 bridgehead atoms. The lowest BCUT2D eigenvalue weighted by Gasteiger charge is -2.63. The van der Waals surface area contributed by atoms with Gasteiger partial charge in [0.25, 0.3) is 5.91 Å². The summed E-state index contributed by atoms with van der Waals surface area (Å²) in [5, 5.41) is 12.8. The van der Waals surface area contributed by atoms with Crippen LogP contribution in [0.4, 0.5) is 24.7 Å². The second-order valence-corrected chi connectivity index (χ2v) is 18.6. The molecular formula is C40H50ClF3N8O5S. The topological polar surface area (TPSA) is 144 Å². The number of carbonyl (C=O) groups is 1. The van der Waals surface area contributed by atoms with E-state index < -0.39 is 21.9 Å². The fourth-order valence-electron chi connectivity index (χ4n) is 8.47. The van der Waals surface area contributed by atoms with Crippen molar-refractivity contribution in [1.82, 2.24) is 24.5 Å². The third kappa shape index (κ3) is 9.79. The van der Waals surface area contributed by atoms with Gasteiger partial charge in [-0.3, -0.25) is 14.7 Å². The summed E-state index contributed by atoms with van der Waals surface area (Å²) in [7, 11) is -3.54. The van der Waals surface area contributed by atoms with Gasteiger partial charge in [0.2, 0.25) is 10.0 Å². The highest BCUT2D eigenvalue weighted by Gasteiger charge is 2.64. The number of carbonyl (C=O) groups excluding carboxylic acids is 1. The second-order valence-electron chi connectivity index (χ2n) is 16.1. The lowest BCUT2D eigenvalue weighted by Crippen LogP contribution is -2.74. The van der Waals surface area contributed by atoms with E-state index in [4.69, 9.17) is 21.1 Å². The van der Waals surface area contributed by atoms with Crippen LogP contribution >= 0.6 is 11.6 Å². The molecule has 0 radical (unpaired) electrons. The van der Waals surface area contributed by atoms with Crippen LogP contribution in [-0.4, -0.2) is 124 Å². The van der Waals surface area contributed by atoms with Crippen molar-refractivity contribution < 1.29 is 35.9 Å². The third-order valence-corrected chi connectivity index (χ3v) is 13.7. The average molecular weight is 847 g/mol. The van der Waals surface area contributed by atoms with Gasteiger partial charge in [-0.25, -0.2) is 13.4 Å². The number of nitrogens with one attached hydrogen (secondary N) is 1. The van der Waals surface area contributed by atoms with Crippen molar-refractivity contribution in [3.05, 3.63) is 76.7 Å². The number of sulfonamides is 1. The smallest absolute Gasteiger partial charge is 0.434 e. The van der Waals surface area contributed by atoms with Gasteiger partial charge in [0.15, 0.2) is 5.69 Å². The van der Waals surface area contributed by atoms with E-state index in [9.17, 15) is 31.6 Å². The van der Waals surface area contributed by atoms with Crippen LogP contribution in [0.25, 0.3) is 0 Å². The zero-order chi connectivity index (χ0) is 41.9. The Balaban J connectivity index is 0.868. The summed E-state index contributed by atoms with van der Waals surface area (Å²) in [4.78, 5) is 26.9. The largest absolute Gasteiger partial charge is 0.489 e. The molecule has 3 fully saturated rings. The summed E-state index contributed by atoms with van der Waals surface area (Å²) in [5.74, 6) is 0.438. The molecule has 1 aliphatic carbocycles. The predicted molar refractivity (Wildman–Crippen MR) is 215 cm³/mol. The van der Waals surface area contributed by atoms with E-state index >= 15 is 0 Å². The van der Waals surface area contributed by atoms with Gasteiger partial charge in [-0.2, -0.15) is 22.7 Å². The molecule has 6 rings (SSSR count). The lowest BCUT2D eigenvalue weighted by atomic mass is 9.49. The van der Waals surface area contributed by atoms with Crippen LogP contribution in [0.15, 0.2) is 54.9 Å². The first kappa shape index (κ1) is 43.4. The van der Waals surface area contributed by atoms with Crippen LogP contribution < -0.4 is 19.9 Å². The molecule has 3 heterocycles. The zero-order valence-corrected chi connectivity index (χ0v) is 34.7. The third-order valence-electron chi connectivity index (χ3n) is 11.4. The zero-order valence-electron chi connectivity index (χ0n) is 33.1. The molecule has 2 saturated heterocycles. The van der Waals surface area contributed by atoms with Crippen molar-refractivity contribution in [2.45, 2.75) is 52.4 Å². The summed E-state index contributed by atoms with van der Waals surface area (Å²) in [5.41, 5.74) is 0.180. The monoisotopic (exact) mass is 846 g/mol. The van der Waals surface area contributed by atoms with Gasteiger partial charge in [0.05, 0.1) is 35.3 Å². The van der Waals surface area contributed by atoms with Gasteiger partial charge in [-0.1, -0.05) is 39.3 Å². The number of hydrogen-bond donors (Lipinski definition) is 1. The van der Waals surface area contributed by atoms with Crippen LogP contribution in [0, 0.1) is 22.2 Å². The van der Waals surface area contributed by atoms with Crippen molar-refractivity contribution >= 4 is 39.0 Å². The molecule has 1 aromatic heterocycles. The Kier molecular flexibility index (Phi) is 13.1. The first-order valence-electron chi connectivity index (χ1n) is 19.3. The van der Waals surface area contributed by atoms with Gasteiger partial charge >= 0.3 is 6.18 Å². The van der Waals surface area contributed by atoms with E-state index in [1.54, 1.807) is 23.1 Å². The molecule has 0 atom stereocenters. The molecule has 2 aromatic carbocycles. The van der Waals surface area contributed by atoms with Gasteiger partial charge in [0, 0.05) is 99.7 Å². The van der Waals surface area contributed by atoms with Crippen molar-refractivity contribution in [3.8, 4) is 11.8 Å². The molecule has 0 unspecified atom stereocenters. The molecule has 18 heteroatoms. The number of anilines is 2. The summed E-state index contributed by atoms with van der Waals surface area (Å²) in [6.07, 6.45) is -2.55. The summed E-state index contributed by atoms with van der Waals surface area (Å²) in [6.45, 7) is 13.8. The number of aromatic nitrogens is 2. The minimum absolute atomic E-state index is 0.0709. The Morgan fingerprint density at radius 3 is 2.22 bits per heavy atom. The number of rotatable bonds is 14. The standard InChI is InChI=1S/C40H50ClF3N8O5S/c1-38(2)36(39(3,4)37(38)57-31-11-8-29(25-45)32(41)24-31)48-35(53)28-6-9-30(10-7-28)50-14-12-49(13-15-50)20-22-56-21-5-23-58(54,55)52-18-16-51(17-19-52)34-27-46-26-33(47-34)40(42,43)44/h6-11,24,26-27,36-37H,5,12-23H2,1-4H3,(H,48,53). The fraction of sp³-hybridized carbons (Fsp3) is 0.550. The molecule has 1 amide bonds. The summed E-state index contributed by atoms with van der Waals surface area (Å²) in [6, 6.07) is 14.6. The molecule has 2 aliphatic heterocycles. The van der Waals surface area contributed by atoms with Crippen LogP contribution in [0.2, 0.25) is 5.02 Å². The summed E-state index contributed by atoms with van der Waals surface area (Å²) >= 11 is 6.23. The van der Waals surface area contributed by atoms with E-state index in [0.29, 0.717) is 47.7 Å². The molecule has 0 spiro atoms.